The van der Waals surface area contributed by atoms with E-state index in [1.165, 1.54) is 30.3 Å². The fourth-order valence-electron chi connectivity index (χ4n) is 2.29. The molecule has 0 saturated carbocycles. The number of nitriles is 1. The summed E-state index contributed by atoms with van der Waals surface area (Å²) in [4.78, 5) is 29.3. The Balaban J connectivity index is 2.13. The molecule has 8 heteroatoms. The molecule has 0 aliphatic heterocycles. The lowest BCUT2D eigenvalue weighted by Gasteiger charge is -2.03. The van der Waals surface area contributed by atoms with Gasteiger partial charge in [-0.15, -0.1) is 0 Å². The summed E-state index contributed by atoms with van der Waals surface area (Å²) in [6.07, 6.45) is 1.42. The first-order valence-electron chi connectivity index (χ1n) is 7.04. The minimum atomic E-state index is -0.525. The van der Waals surface area contributed by atoms with Gasteiger partial charge in [-0.25, -0.2) is 4.98 Å². The van der Waals surface area contributed by atoms with E-state index in [1.807, 2.05) is 6.07 Å². The van der Waals surface area contributed by atoms with Crippen molar-refractivity contribution < 1.29 is 4.92 Å². The van der Waals surface area contributed by atoms with Crippen LogP contribution < -0.4 is 5.56 Å². The molecule has 0 atom stereocenters. The van der Waals surface area contributed by atoms with Gasteiger partial charge in [-0.2, -0.15) is 5.26 Å². The third-order valence-corrected chi connectivity index (χ3v) is 3.67. The van der Waals surface area contributed by atoms with Crippen molar-refractivity contribution in [2.45, 2.75) is 0 Å². The number of nitrogens with zero attached hydrogens (tertiary/aromatic N) is 3. The Bertz CT molecular complexity index is 1130. The van der Waals surface area contributed by atoms with Crippen LogP contribution in [0.3, 0.4) is 0 Å². The van der Waals surface area contributed by atoms with Crippen LogP contribution in [0.1, 0.15) is 11.4 Å². The molecule has 122 valence electrons. The molecule has 3 aromatic rings. The molecule has 0 aliphatic carbocycles. The van der Waals surface area contributed by atoms with Crippen LogP contribution in [-0.4, -0.2) is 14.9 Å². The Morgan fingerprint density at radius 3 is 2.84 bits per heavy atom. The van der Waals surface area contributed by atoms with E-state index in [2.05, 4.69) is 9.97 Å². The van der Waals surface area contributed by atoms with Crippen molar-refractivity contribution in [3.8, 4) is 6.07 Å². The van der Waals surface area contributed by atoms with Crippen LogP contribution in [0.5, 0.6) is 0 Å². The number of hydrogen-bond donors (Lipinski definition) is 1. The number of benzene rings is 2. The Morgan fingerprint density at radius 2 is 2.12 bits per heavy atom. The number of aromatic amines is 1. The molecule has 0 amide bonds. The van der Waals surface area contributed by atoms with Gasteiger partial charge in [-0.3, -0.25) is 14.9 Å². The zero-order chi connectivity index (χ0) is 18.0. The van der Waals surface area contributed by atoms with Gasteiger partial charge >= 0.3 is 0 Å². The number of nitrogens with one attached hydrogen (secondary N) is 1. The van der Waals surface area contributed by atoms with Crippen LogP contribution in [0.25, 0.3) is 22.6 Å². The van der Waals surface area contributed by atoms with E-state index < -0.39 is 10.5 Å². The first kappa shape index (κ1) is 16.4. The average Bonchev–Trinajstić information content (AvgIpc) is 2.60. The third-order valence-electron chi connectivity index (χ3n) is 3.44. The molecule has 7 nitrogen and oxygen atoms in total. The molecule has 0 saturated heterocycles. The maximum Gasteiger partial charge on any atom is 0.270 e. The van der Waals surface area contributed by atoms with Gasteiger partial charge in [0.25, 0.3) is 11.2 Å². The third kappa shape index (κ3) is 3.39. The molecule has 0 radical (unpaired) electrons. The number of fused-ring (bicyclic) bond motifs is 1. The van der Waals surface area contributed by atoms with Crippen LogP contribution in [0.4, 0.5) is 5.69 Å². The van der Waals surface area contributed by atoms with Crippen molar-refractivity contribution in [1.29, 1.82) is 5.26 Å². The van der Waals surface area contributed by atoms with Crippen molar-refractivity contribution in [2.75, 3.05) is 0 Å². The summed E-state index contributed by atoms with van der Waals surface area (Å²) >= 11 is 5.87. The summed E-state index contributed by atoms with van der Waals surface area (Å²) in [5, 5.41) is 20.9. The lowest BCUT2D eigenvalue weighted by atomic mass is 10.1. The van der Waals surface area contributed by atoms with Crippen molar-refractivity contribution in [1.82, 2.24) is 9.97 Å². The molecule has 2 aromatic carbocycles. The number of hydrogen-bond acceptors (Lipinski definition) is 5. The van der Waals surface area contributed by atoms with Gasteiger partial charge in [0.15, 0.2) is 5.82 Å². The largest absolute Gasteiger partial charge is 0.305 e. The number of allylic oxidation sites excluding steroid dienone is 1. The second kappa shape index (κ2) is 6.55. The zero-order valence-electron chi connectivity index (χ0n) is 12.6. The molecular weight excluding hydrogens is 344 g/mol. The van der Waals surface area contributed by atoms with Gasteiger partial charge < -0.3 is 4.98 Å². The second-order valence-electron chi connectivity index (χ2n) is 5.10. The Labute approximate surface area is 146 Å². The molecule has 0 bridgehead atoms. The van der Waals surface area contributed by atoms with Crippen LogP contribution in [0.2, 0.25) is 5.02 Å². The summed E-state index contributed by atoms with van der Waals surface area (Å²) in [5.41, 5.74) is 0.394. The molecule has 1 N–H and O–H groups in total. The van der Waals surface area contributed by atoms with E-state index >= 15 is 0 Å². The van der Waals surface area contributed by atoms with E-state index in [1.54, 1.807) is 18.2 Å². The van der Waals surface area contributed by atoms with Crippen molar-refractivity contribution in [2.24, 2.45) is 0 Å². The van der Waals surface area contributed by atoms with E-state index in [0.29, 0.717) is 21.5 Å². The van der Waals surface area contributed by atoms with Gasteiger partial charge in [0, 0.05) is 17.2 Å². The number of H-pyrrole nitrogens is 1. The molecule has 0 spiro atoms. The first-order chi connectivity index (χ1) is 12.0. The molecule has 3 rings (SSSR count). The fraction of sp³-hybridized carbons (Fsp3) is 0. The molecule has 0 fully saturated rings. The van der Waals surface area contributed by atoms with E-state index in [9.17, 15) is 20.2 Å². The van der Waals surface area contributed by atoms with Crippen LogP contribution >= 0.6 is 11.6 Å². The normalized spacial score (nSPS) is 11.3. The first-order valence-corrected chi connectivity index (χ1v) is 7.42. The van der Waals surface area contributed by atoms with E-state index in [4.69, 9.17) is 11.6 Å². The van der Waals surface area contributed by atoms with Crippen LogP contribution in [-0.2, 0) is 0 Å². The maximum absolute atomic E-state index is 12.2. The molecule has 1 aromatic heterocycles. The summed E-state index contributed by atoms with van der Waals surface area (Å²) in [6, 6.07) is 12.4. The Morgan fingerprint density at radius 1 is 1.32 bits per heavy atom. The number of nitro benzene ring substituents is 1. The highest BCUT2D eigenvalue weighted by Crippen LogP contribution is 2.20. The van der Waals surface area contributed by atoms with Crippen molar-refractivity contribution >= 4 is 39.8 Å². The minimum absolute atomic E-state index is 0.0776. The second-order valence-corrected chi connectivity index (χ2v) is 5.53. The Kier molecular flexibility index (Phi) is 4.29. The number of aromatic nitrogens is 2. The number of non-ortho nitro benzene ring substituents is 1. The number of rotatable bonds is 3. The lowest BCUT2D eigenvalue weighted by Crippen LogP contribution is -2.11. The van der Waals surface area contributed by atoms with Gasteiger partial charge in [-0.1, -0.05) is 23.7 Å². The minimum Gasteiger partial charge on any atom is -0.305 e. The van der Waals surface area contributed by atoms with Crippen molar-refractivity contribution in [3.63, 3.8) is 0 Å². The zero-order valence-corrected chi connectivity index (χ0v) is 13.3. The summed E-state index contributed by atoms with van der Waals surface area (Å²) < 4.78 is 0. The quantitative estimate of drug-likeness (QED) is 0.440. The predicted octanol–water partition coefficient (Wildman–Crippen LogP) is 3.55. The van der Waals surface area contributed by atoms with Crippen molar-refractivity contribution in [3.05, 3.63) is 79.3 Å². The molecule has 1 heterocycles. The highest BCUT2D eigenvalue weighted by atomic mass is 35.5. The summed E-state index contributed by atoms with van der Waals surface area (Å²) in [6.45, 7) is 0. The number of halogens is 1. The summed E-state index contributed by atoms with van der Waals surface area (Å²) in [7, 11) is 0. The monoisotopic (exact) mass is 352 g/mol. The van der Waals surface area contributed by atoms with E-state index in [0.717, 1.165) is 0 Å². The maximum atomic E-state index is 12.2. The fourth-order valence-corrected chi connectivity index (χ4v) is 2.46. The smallest absolute Gasteiger partial charge is 0.270 e. The molecule has 0 unspecified atom stereocenters. The Hall–Kier alpha value is -3.50. The SMILES string of the molecule is N#C/C(=C\c1cccc([N+](=O)[O-])c1)c1nc2ccc(Cl)cc2c(=O)[nH]1. The number of nitro groups is 1. The van der Waals surface area contributed by atoms with Crippen LogP contribution in [0, 0.1) is 21.4 Å². The van der Waals surface area contributed by atoms with Gasteiger partial charge in [-0.05, 0) is 29.8 Å². The van der Waals surface area contributed by atoms with E-state index in [-0.39, 0.29) is 17.1 Å². The molecule has 25 heavy (non-hydrogen) atoms. The average molecular weight is 353 g/mol. The predicted molar refractivity (Wildman–Crippen MR) is 94.0 cm³/mol. The molecular formula is C17H9ClN4O3. The van der Waals surface area contributed by atoms with Gasteiger partial charge in [0.2, 0.25) is 0 Å². The topological polar surface area (TPSA) is 113 Å². The highest BCUT2D eigenvalue weighted by molar-refractivity contribution is 6.31. The lowest BCUT2D eigenvalue weighted by molar-refractivity contribution is -0.384. The van der Waals surface area contributed by atoms with Crippen LogP contribution in [0.15, 0.2) is 47.3 Å². The highest BCUT2D eigenvalue weighted by Gasteiger charge is 2.10. The van der Waals surface area contributed by atoms with Gasteiger partial charge in [0.05, 0.1) is 21.4 Å². The van der Waals surface area contributed by atoms with Gasteiger partial charge in [0.1, 0.15) is 6.07 Å². The molecule has 0 aliphatic rings. The summed E-state index contributed by atoms with van der Waals surface area (Å²) in [5.74, 6) is 0.0776. The standard InChI is InChI=1S/C17H9ClN4O3/c18-12-4-5-15-14(8-12)17(23)21-16(20-15)11(9-19)6-10-2-1-3-13(7-10)22(24)25/h1-8H,(H,20,21,23)/b11-6+.